The molecular weight excluding hydrogens is 338 g/mol. The van der Waals surface area contributed by atoms with Crippen LogP contribution in [-0.2, 0) is 0 Å². The summed E-state index contributed by atoms with van der Waals surface area (Å²) in [5.41, 5.74) is 9.56. The van der Waals surface area contributed by atoms with Crippen LogP contribution in [0.2, 0.25) is 0 Å². The fourth-order valence-electron chi connectivity index (χ4n) is 3.05. The Kier molecular flexibility index (Phi) is 4.30. The van der Waals surface area contributed by atoms with Gasteiger partial charge in [0.05, 0.1) is 5.39 Å². The van der Waals surface area contributed by atoms with Gasteiger partial charge in [-0.05, 0) is 36.2 Å². The van der Waals surface area contributed by atoms with Crippen molar-refractivity contribution >= 4 is 22.8 Å². The highest BCUT2D eigenvalue weighted by Gasteiger charge is 2.12. The molecule has 0 aliphatic heterocycles. The second-order valence-corrected chi connectivity index (χ2v) is 6.39. The first-order chi connectivity index (χ1) is 13.1. The monoisotopic (exact) mass is 357 g/mol. The number of fused-ring (bicyclic) bond motifs is 1. The molecule has 6 nitrogen and oxygen atoms in total. The van der Waals surface area contributed by atoms with Crippen molar-refractivity contribution in [2.45, 2.75) is 13.0 Å². The molecule has 0 fully saturated rings. The number of amides is 1. The number of anilines is 1. The molecule has 0 aliphatic carbocycles. The molecule has 4 aromatic rings. The smallest absolute Gasteiger partial charge is 0.248 e. The van der Waals surface area contributed by atoms with E-state index in [2.05, 4.69) is 39.3 Å². The molecule has 6 heteroatoms. The summed E-state index contributed by atoms with van der Waals surface area (Å²) in [4.78, 5) is 23.3. The van der Waals surface area contributed by atoms with E-state index in [9.17, 15) is 4.79 Å². The van der Waals surface area contributed by atoms with Crippen LogP contribution in [0.5, 0.6) is 0 Å². The highest BCUT2D eigenvalue weighted by Crippen LogP contribution is 2.29. The van der Waals surface area contributed by atoms with Gasteiger partial charge in [0.15, 0.2) is 0 Å². The highest BCUT2D eigenvalue weighted by atomic mass is 16.1. The largest absolute Gasteiger partial charge is 0.366 e. The van der Waals surface area contributed by atoms with Gasteiger partial charge in [-0.25, -0.2) is 9.97 Å². The van der Waals surface area contributed by atoms with Gasteiger partial charge in [-0.1, -0.05) is 42.5 Å². The van der Waals surface area contributed by atoms with Gasteiger partial charge in [-0.2, -0.15) is 0 Å². The van der Waals surface area contributed by atoms with Crippen LogP contribution >= 0.6 is 0 Å². The predicted molar refractivity (Wildman–Crippen MR) is 106 cm³/mol. The quantitative estimate of drug-likeness (QED) is 0.505. The Morgan fingerprint density at radius 2 is 1.81 bits per heavy atom. The molecule has 0 saturated carbocycles. The van der Waals surface area contributed by atoms with Gasteiger partial charge in [-0.3, -0.25) is 4.79 Å². The number of hydrogen-bond donors (Lipinski definition) is 3. The number of carbonyl (C=O) groups excluding carboxylic acids is 1. The number of rotatable bonds is 5. The topological polar surface area (TPSA) is 96.7 Å². The standard InChI is InChI=1S/C21H19N5O/c1-13(14-5-3-2-4-6-14)25-20-17-11-18(26-21(17)24-12-23-20)15-7-9-16(10-8-15)19(22)27/h2-13H,1H3,(H2,22,27)(H2,23,24,25,26)/t13-/m1/s1. The molecule has 2 aromatic heterocycles. The summed E-state index contributed by atoms with van der Waals surface area (Å²) < 4.78 is 0. The SMILES string of the molecule is C[C@@H](Nc1ncnc2[nH]c(-c3ccc(C(N)=O)cc3)cc12)c1ccccc1. The lowest BCUT2D eigenvalue weighted by atomic mass is 10.1. The Hall–Kier alpha value is -3.67. The highest BCUT2D eigenvalue weighted by molar-refractivity contribution is 5.94. The molecule has 4 rings (SSSR count). The van der Waals surface area contributed by atoms with E-state index in [1.165, 1.54) is 5.56 Å². The van der Waals surface area contributed by atoms with Crippen LogP contribution in [0.4, 0.5) is 5.82 Å². The lowest BCUT2D eigenvalue weighted by Crippen LogP contribution is -2.10. The third-order valence-electron chi connectivity index (χ3n) is 4.56. The van der Waals surface area contributed by atoms with Crippen molar-refractivity contribution in [1.82, 2.24) is 15.0 Å². The number of carbonyl (C=O) groups is 1. The number of H-pyrrole nitrogens is 1. The molecule has 1 amide bonds. The second kappa shape index (κ2) is 6.92. The number of aromatic amines is 1. The fraction of sp³-hybridized carbons (Fsp3) is 0.0952. The van der Waals surface area contributed by atoms with Crippen molar-refractivity contribution in [3.8, 4) is 11.3 Å². The average molecular weight is 357 g/mol. The minimum absolute atomic E-state index is 0.109. The molecular formula is C21H19N5O. The second-order valence-electron chi connectivity index (χ2n) is 6.39. The van der Waals surface area contributed by atoms with Crippen molar-refractivity contribution in [2.75, 3.05) is 5.32 Å². The van der Waals surface area contributed by atoms with E-state index in [-0.39, 0.29) is 6.04 Å². The molecule has 134 valence electrons. The number of aromatic nitrogens is 3. The van der Waals surface area contributed by atoms with Crippen molar-refractivity contribution in [1.29, 1.82) is 0 Å². The predicted octanol–water partition coefficient (Wildman–Crippen LogP) is 3.90. The van der Waals surface area contributed by atoms with Crippen LogP contribution in [0.3, 0.4) is 0 Å². The van der Waals surface area contributed by atoms with Crippen LogP contribution in [0, 0.1) is 0 Å². The lowest BCUT2D eigenvalue weighted by Gasteiger charge is -2.15. The Morgan fingerprint density at radius 3 is 2.52 bits per heavy atom. The van der Waals surface area contributed by atoms with Crippen molar-refractivity contribution < 1.29 is 4.79 Å². The van der Waals surface area contributed by atoms with Crippen LogP contribution in [0.15, 0.2) is 67.0 Å². The normalized spacial score (nSPS) is 12.0. The Labute approximate surface area is 156 Å². The first kappa shape index (κ1) is 16.8. The van der Waals surface area contributed by atoms with Crippen LogP contribution < -0.4 is 11.1 Å². The summed E-state index contributed by atoms with van der Waals surface area (Å²) in [6.07, 6.45) is 1.54. The van der Waals surface area contributed by atoms with E-state index in [0.717, 1.165) is 28.1 Å². The zero-order valence-electron chi connectivity index (χ0n) is 14.8. The maximum Gasteiger partial charge on any atom is 0.248 e. The van der Waals surface area contributed by atoms with E-state index in [0.29, 0.717) is 5.56 Å². The minimum atomic E-state index is -0.439. The van der Waals surface area contributed by atoms with Gasteiger partial charge in [0.25, 0.3) is 0 Å². The van der Waals surface area contributed by atoms with E-state index in [1.54, 1.807) is 18.5 Å². The molecule has 2 heterocycles. The van der Waals surface area contributed by atoms with Gasteiger partial charge in [0.2, 0.25) is 5.91 Å². The van der Waals surface area contributed by atoms with Gasteiger partial charge in [0, 0.05) is 17.3 Å². The van der Waals surface area contributed by atoms with E-state index in [1.807, 2.05) is 36.4 Å². The first-order valence-corrected chi connectivity index (χ1v) is 8.67. The van der Waals surface area contributed by atoms with Crippen LogP contribution in [-0.4, -0.2) is 20.9 Å². The molecule has 0 aliphatic rings. The Bertz CT molecular complexity index is 1090. The maximum absolute atomic E-state index is 11.2. The van der Waals surface area contributed by atoms with E-state index >= 15 is 0 Å². The summed E-state index contributed by atoms with van der Waals surface area (Å²) >= 11 is 0. The molecule has 0 unspecified atom stereocenters. The molecule has 2 aromatic carbocycles. The number of hydrogen-bond acceptors (Lipinski definition) is 4. The Morgan fingerprint density at radius 1 is 1.07 bits per heavy atom. The third kappa shape index (κ3) is 3.37. The summed E-state index contributed by atoms with van der Waals surface area (Å²) in [5.74, 6) is 0.332. The van der Waals surface area contributed by atoms with Crippen LogP contribution in [0.25, 0.3) is 22.3 Å². The summed E-state index contributed by atoms with van der Waals surface area (Å²) in [7, 11) is 0. The summed E-state index contributed by atoms with van der Waals surface area (Å²) in [6.45, 7) is 2.10. The number of nitrogens with zero attached hydrogens (tertiary/aromatic N) is 2. The Balaban J connectivity index is 1.67. The molecule has 27 heavy (non-hydrogen) atoms. The van der Waals surface area contributed by atoms with E-state index in [4.69, 9.17) is 5.73 Å². The molecule has 0 radical (unpaired) electrons. The van der Waals surface area contributed by atoms with E-state index < -0.39 is 5.91 Å². The first-order valence-electron chi connectivity index (χ1n) is 8.67. The lowest BCUT2D eigenvalue weighted by molar-refractivity contribution is 0.100. The van der Waals surface area contributed by atoms with Gasteiger partial charge < -0.3 is 16.0 Å². The van der Waals surface area contributed by atoms with Crippen LogP contribution in [0.1, 0.15) is 28.9 Å². The third-order valence-corrected chi connectivity index (χ3v) is 4.56. The van der Waals surface area contributed by atoms with Gasteiger partial charge in [0.1, 0.15) is 17.8 Å². The van der Waals surface area contributed by atoms with Crippen molar-refractivity contribution in [3.63, 3.8) is 0 Å². The number of nitrogens with two attached hydrogens (primary N) is 1. The molecule has 4 N–H and O–H groups in total. The van der Waals surface area contributed by atoms with Crippen molar-refractivity contribution in [3.05, 3.63) is 78.1 Å². The molecule has 0 bridgehead atoms. The molecule has 0 saturated heterocycles. The number of benzene rings is 2. The zero-order valence-corrected chi connectivity index (χ0v) is 14.8. The van der Waals surface area contributed by atoms with Crippen molar-refractivity contribution in [2.24, 2.45) is 5.73 Å². The summed E-state index contributed by atoms with van der Waals surface area (Å²) in [6, 6.07) is 19.5. The molecule has 1 atom stereocenters. The fourth-order valence-corrected chi connectivity index (χ4v) is 3.05. The zero-order chi connectivity index (χ0) is 18.8. The van der Waals surface area contributed by atoms with Gasteiger partial charge >= 0.3 is 0 Å². The average Bonchev–Trinajstić information content (AvgIpc) is 3.14. The minimum Gasteiger partial charge on any atom is -0.366 e. The van der Waals surface area contributed by atoms with Gasteiger partial charge in [-0.15, -0.1) is 0 Å². The summed E-state index contributed by atoms with van der Waals surface area (Å²) in [5, 5.41) is 4.37. The number of primary amides is 1. The number of nitrogens with one attached hydrogen (secondary N) is 2. The maximum atomic E-state index is 11.2. The molecule has 0 spiro atoms.